The van der Waals surface area contributed by atoms with Crippen molar-refractivity contribution in [3.8, 4) is 0 Å². The van der Waals surface area contributed by atoms with Crippen LogP contribution in [0.15, 0.2) is 0 Å². The van der Waals surface area contributed by atoms with Gasteiger partial charge in [0.25, 0.3) is 0 Å². The molecule has 0 amide bonds. The van der Waals surface area contributed by atoms with Crippen molar-refractivity contribution in [2.75, 3.05) is 28.3 Å². The van der Waals surface area contributed by atoms with E-state index in [1.807, 2.05) is 0 Å². The molecule has 0 radical (unpaired) electrons. The molecule has 3 aliphatic heterocycles. The van der Waals surface area contributed by atoms with Gasteiger partial charge in [-0.1, -0.05) is 6.92 Å². The fourth-order valence-electron chi connectivity index (χ4n) is 5.41. The fourth-order valence-corrected chi connectivity index (χ4v) is 6.10. The molecule has 0 unspecified atom stereocenters. The average molecular weight is 377 g/mol. The average Bonchev–Trinajstić information content (AvgIpc) is 3.29. The predicted octanol–water partition coefficient (Wildman–Crippen LogP) is 0.666. The number of hydrogen-bond acceptors (Lipinski definition) is 7. The van der Waals surface area contributed by atoms with E-state index < -0.39 is 27.8 Å². The summed E-state index contributed by atoms with van der Waals surface area (Å²) >= 11 is 0. The lowest BCUT2D eigenvalue weighted by Crippen LogP contribution is -2.70. The van der Waals surface area contributed by atoms with Crippen LogP contribution in [0.4, 0.5) is 0 Å². The van der Waals surface area contributed by atoms with E-state index in [1.165, 1.54) is 14.1 Å². The highest BCUT2D eigenvalue weighted by molar-refractivity contribution is 7.84. The zero-order valence-electron chi connectivity index (χ0n) is 15.4. The summed E-state index contributed by atoms with van der Waals surface area (Å²) in [4.78, 5) is 0. The van der Waals surface area contributed by atoms with Gasteiger partial charge in [-0.25, -0.2) is 4.18 Å². The Morgan fingerprint density at radius 2 is 1.84 bits per heavy atom. The molecule has 4 rings (SSSR count). The number of rotatable bonds is 5. The molecule has 144 valence electrons. The van der Waals surface area contributed by atoms with Crippen molar-refractivity contribution >= 4 is 10.3 Å². The zero-order chi connectivity index (χ0) is 18.3. The minimum atomic E-state index is -3.81. The first-order valence-corrected chi connectivity index (χ1v) is 10.1. The second kappa shape index (κ2) is 5.37. The van der Waals surface area contributed by atoms with Crippen LogP contribution in [0.2, 0.25) is 0 Å². The van der Waals surface area contributed by atoms with Gasteiger partial charge in [-0.3, -0.25) is 0 Å². The van der Waals surface area contributed by atoms with E-state index >= 15 is 0 Å². The molecule has 1 spiro atoms. The van der Waals surface area contributed by atoms with Crippen molar-refractivity contribution in [2.45, 2.75) is 68.4 Å². The molecular weight excluding hydrogens is 350 g/mol. The van der Waals surface area contributed by atoms with E-state index in [1.54, 1.807) is 14.2 Å². The number of hydrogen-bond donors (Lipinski definition) is 0. The van der Waals surface area contributed by atoms with Crippen LogP contribution < -0.4 is 0 Å². The maximum atomic E-state index is 12.2. The molecule has 25 heavy (non-hydrogen) atoms. The third-order valence-corrected chi connectivity index (χ3v) is 8.00. The second-order valence-corrected chi connectivity index (χ2v) is 9.77. The van der Waals surface area contributed by atoms with Crippen LogP contribution in [0.1, 0.15) is 32.6 Å². The SMILES string of the molecule is COC1(OC)CCC[C@@]2(C)C[C@H]3O[C@@]12[C@H]1O[C@H]1[C@@H]3OS(=O)(=O)N(C)C. The Bertz CT molecular complexity index is 663. The highest BCUT2D eigenvalue weighted by atomic mass is 32.2. The maximum absolute atomic E-state index is 12.2. The third kappa shape index (κ3) is 2.11. The van der Waals surface area contributed by atoms with Gasteiger partial charge < -0.3 is 18.9 Å². The molecule has 8 nitrogen and oxygen atoms in total. The molecule has 1 aliphatic carbocycles. The van der Waals surface area contributed by atoms with E-state index in [-0.39, 0.29) is 23.7 Å². The van der Waals surface area contributed by atoms with Gasteiger partial charge in [-0.15, -0.1) is 0 Å². The summed E-state index contributed by atoms with van der Waals surface area (Å²) in [6, 6.07) is 0. The van der Waals surface area contributed by atoms with Crippen LogP contribution in [-0.4, -0.2) is 76.8 Å². The molecule has 4 aliphatic rings. The molecule has 0 aromatic heterocycles. The van der Waals surface area contributed by atoms with Gasteiger partial charge in [0, 0.05) is 40.2 Å². The standard InChI is InChI=1S/C16H27NO7S/c1-14-7-6-8-15(20-4,21-5)16(14)13-12(22-13)11(10(9-14)23-16)24-25(18,19)17(2)3/h10-13H,6-9H2,1-5H3/t10-,11-,12+,13+,14+,16-/m1/s1. The van der Waals surface area contributed by atoms with E-state index in [2.05, 4.69) is 6.92 Å². The molecule has 1 saturated carbocycles. The van der Waals surface area contributed by atoms with Crippen molar-refractivity contribution in [1.29, 1.82) is 0 Å². The highest BCUT2D eigenvalue weighted by Crippen LogP contribution is 2.69. The molecule has 3 saturated heterocycles. The van der Waals surface area contributed by atoms with Gasteiger partial charge in [-0.2, -0.15) is 12.7 Å². The predicted molar refractivity (Wildman–Crippen MR) is 87.1 cm³/mol. The van der Waals surface area contributed by atoms with E-state index in [0.717, 1.165) is 23.6 Å². The van der Waals surface area contributed by atoms with Crippen molar-refractivity contribution in [3.05, 3.63) is 0 Å². The summed E-state index contributed by atoms with van der Waals surface area (Å²) in [5, 5.41) is 0. The monoisotopic (exact) mass is 377 g/mol. The van der Waals surface area contributed by atoms with Gasteiger partial charge in [-0.05, 0) is 19.3 Å². The van der Waals surface area contributed by atoms with Gasteiger partial charge in [0.15, 0.2) is 11.4 Å². The van der Waals surface area contributed by atoms with Gasteiger partial charge in [0.1, 0.15) is 18.3 Å². The fraction of sp³-hybridized carbons (Fsp3) is 1.00. The summed E-state index contributed by atoms with van der Waals surface area (Å²) < 4.78 is 55.1. The number of ether oxygens (including phenoxy) is 4. The van der Waals surface area contributed by atoms with Gasteiger partial charge >= 0.3 is 10.3 Å². The Hall–Kier alpha value is -0.290. The molecule has 4 fully saturated rings. The Balaban J connectivity index is 1.72. The lowest BCUT2D eigenvalue weighted by Gasteiger charge is -2.56. The van der Waals surface area contributed by atoms with E-state index in [4.69, 9.17) is 23.1 Å². The molecule has 2 bridgehead atoms. The van der Waals surface area contributed by atoms with Crippen LogP contribution >= 0.6 is 0 Å². The van der Waals surface area contributed by atoms with Crippen LogP contribution in [0.5, 0.6) is 0 Å². The summed E-state index contributed by atoms with van der Waals surface area (Å²) in [5.74, 6) is -0.889. The number of methoxy groups -OCH3 is 2. The number of nitrogens with zero attached hydrogens (tertiary/aromatic N) is 1. The molecule has 0 aromatic carbocycles. The van der Waals surface area contributed by atoms with Crippen molar-refractivity contribution in [1.82, 2.24) is 4.31 Å². The summed E-state index contributed by atoms with van der Waals surface area (Å²) in [6.07, 6.45) is 1.70. The molecular formula is C16H27NO7S. The lowest BCUT2D eigenvalue weighted by molar-refractivity contribution is -0.355. The van der Waals surface area contributed by atoms with Gasteiger partial charge in [0.2, 0.25) is 0 Å². The third-order valence-electron chi connectivity index (χ3n) is 6.64. The van der Waals surface area contributed by atoms with Crippen molar-refractivity contribution < 1.29 is 31.5 Å². The highest BCUT2D eigenvalue weighted by Gasteiger charge is 2.83. The first-order chi connectivity index (χ1) is 11.7. The quantitative estimate of drug-likeness (QED) is 0.514. The van der Waals surface area contributed by atoms with Crippen LogP contribution in [0.3, 0.4) is 0 Å². The number of epoxide rings is 1. The summed E-state index contributed by atoms with van der Waals surface area (Å²) in [7, 11) is 2.35. The van der Waals surface area contributed by atoms with Crippen LogP contribution in [0.25, 0.3) is 0 Å². The maximum Gasteiger partial charge on any atom is 0.338 e. The first-order valence-electron chi connectivity index (χ1n) is 8.71. The minimum absolute atomic E-state index is 0.221. The lowest BCUT2D eigenvalue weighted by atomic mass is 9.59. The molecule has 6 atom stereocenters. The van der Waals surface area contributed by atoms with Crippen LogP contribution in [-0.2, 0) is 33.4 Å². The Labute approximate surface area is 148 Å². The topological polar surface area (TPSA) is 86.8 Å². The first kappa shape index (κ1) is 18.1. The largest absolute Gasteiger partial charge is 0.363 e. The number of fused-ring (bicyclic) bond motifs is 2. The molecule has 0 aromatic rings. The summed E-state index contributed by atoms with van der Waals surface area (Å²) in [6.45, 7) is 2.17. The van der Waals surface area contributed by atoms with E-state index in [0.29, 0.717) is 6.42 Å². The van der Waals surface area contributed by atoms with Crippen molar-refractivity contribution in [3.63, 3.8) is 0 Å². The van der Waals surface area contributed by atoms with Crippen LogP contribution in [0, 0.1) is 5.41 Å². The zero-order valence-corrected chi connectivity index (χ0v) is 16.2. The smallest absolute Gasteiger partial charge is 0.338 e. The Morgan fingerprint density at radius 1 is 1.16 bits per heavy atom. The Kier molecular flexibility index (Phi) is 3.89. The normalized spacial score (nSPS) is 47.4. The molecule has 3 heterocycles. The van der Waals surface area contributed by atoms with Gasteiger partial charge in [0.05, 0.1) is 6.10 Å². The molecule has 9 heteroatoms. The van der Waals surface area contributed by atoms with Crippen molar-refractivity contribution in [2.24, 2.45) is 5.41 Å². The Morgan fingerprint density at radius 3 is 2.44 bits per heavy atom. The molecule has 0 N–H and O–H groups in total. The minimum Gasteiger partial charge on any atom is -0.363 e. The second-order valence-electron chi connectivity index (χ2n) is 7.99. The summed E-state index contributed by atoms with van der Waals surface area (Å²) in [5.41, 5.74) is -0.958. The van der Waals surface area contributed by atoms with E-state index in [9.17, 15) is 8.42 Å².